The third-order valence-electron chi connectivity index (χ3n) is 4.61. The third-order valence-corrected chi connectivity index (χ3v) is 4.61. The summed E-state index contributed by atoms with van der Waals surface area (Å²) in [7, 11) is 0. The summed E-state index contributed by atoms with van der Waals surface area (Å²) in [6, 6.07) is 20.8. The first kappa shape index (κ1) is 19.2. The molecule has 1 unspecified atom stereocenters. The zero-order valence-corrected chi connectivity index (χ0v) is 15.3. The molecule has 0 N–H and O–H groups in total. The molecule has 0 bridgehead atoms. The van der Waals surface area contributed by atoms with Gasteiger partial charge in [0, 0.05) is 17.2 Å². The lowest BCUT2D eigenvalue weighted by molar-refractivity contribution is -0.385. The standard InChI is InChI=1S/C22H19FN2O3/c1-16(17-8-3-2-4-9-17)24(22(26)18-11-7-12-20(23)14-18)15-19-10-5-6-13-21(19)25(27)28/h2-14,16H,15H2,1H3. The molecule has 28 heavy (non-hydrogen) atoms. The SMILES string of the molecule is CC(c1ccccc1)N(Cc1ccccc1[N+](=O)[O-])C(=O)c1cccc(F)c1. The summed E-state index contributed by atoms with van der Waals surface area (Å²) in [4.78, 5) is 25.6. The number of nitro groups is 1. The molecule has 142 valence electrons. The Bertz CT molecular complexity index is 992. The predicted octanol–water partition coefficient (Wildman–Crippen LogP) is 5.14. The molecule has 0 aliphatic carbocycles. The Labute approximate surface area is 162 Å². The number of carbonyl (C=O) groups is 1. The molecule has 6 heteroatoms. The normalized spacial score (nSPS) is 11.6. The Morgan fingerprint density at radius 2 is 1.71 bits per heavy atom. The van der Waals surface area contributed by atoms with E-state index in [-0.39, 0.29) is 23.8 Å². The van der Waals surface area contributed by atoms with Crippen LogP contribution in [-0.2, 0) is 6.54 Å². The Hall–Kier alpha value is -3.54. The number of amides is 1. The summed E-state index contributed by atoms with van der Waals surface area (Å²) in [5, 5.41) is 11.4. The summed E-state index contributed by atoms with van der Waals surface area (Å²) in [6.45, 7) is 1.88. The molecule has 0 aliphatic rings. The van der Waals surface area contributed by atoms with Crippen molar-refractivity contribution < 1.29 is 14.1 Å². The molecule has 0 spiro atoms. The molecule has 1 atom stereocenters. The summed E-state index contributed by atoms with van der Waals surface area (Å²) in [5.41, 5.74) is 1.44. The number of rotatable bonds is 6. The van der Waals surface area contributed by atoms with Gasteiger partial charge in [0.1, 0.15) is 5.82 Å². The van der Waals surface area contributed by atoms with Gasteiger partial charge in [-0.3, -0.25) is 14.9 Å². The van der Waals surface area contributed by atoms with E-state index in [4.69, 9.17) is 0 Å². The van der Waals surface area contributed by atoms with Gasteiger partial charge >= 0.3 is 0 Å². The van der Waals surface area contributed by atoms with Crippen molar-refractivity contribution in [1.29, 1.82) is 0 Å². The van der Waals surface area contributed by atoms with Crippen LogP contribution in [0.5, 0.6) is 0 Å². The fraction of sp³-hybridized carbons (Fsp3) is 0.136. The number of benzene rings is 3. The fourth-order valence-corrected chi connectivity index (χ4v) is 3.09. The molecule has 0 heterocycles. The molecule has 1 amide bonds. The van der Waals surface area contributed by atoms with Crippen LogP contribution in [0.2, 0.25) is 0 Å². The van der Waals surface area contributed by atoms with E-state index in [0.29, 0.717) is 5.56 Å². The van der Waals surface area contributed by atoms with E-state index >= 15 is 0 Å². The molecule has 3 aromatic rings. The van der Waals surface area contributed by atoms with Crippen LogP contribution in [0.1, 0.15) is 34.5 Å². The minimum Gasteiger partial charge on any atom is -0.327 e. The monoisotopic (exact) mass is 378 g/mol. The quantitative estimate of drug-likeness (QED) is 0.441. The smallest absolute Gasteiger partial charge is 0.274 e. The molecule has 0 radical (unpaired) electrons. The second kappa shape index (κ2) is 8.43. The molecule has 0 saturated heterocycles. The lowest BCUT2D eigenvalue weighted by Crippen LogP contribution is -2.33. The molecule has 0 fully saturated rings. The van der Waals surface area contributed by atoms with E-state index in [9.17, 15) is 19.3 Å². The van der Waals surface area contributed by atoms with Gasteiger partial charge in [-0.1, -0.05) is 54.6 Å². The molecular formula is C22H19FN2O3. The van der Waals surface area contributed by atoms with Gasteiger partial charge in [0.15, 0.2) is 0 Å². The van der Waals surface area contributed by atoms with Crippen molar-refractivity contribution in [3.8, 4) is 0 Å². The maximum absolute atomic E-state index is 13.7. The van der Waals surface area contributed by atoms with Gasteiger partial charge in [-0.2, -0.15) is 0 Å². The van der Waals surface area contributed by atoms with Crippen LogP contribution in [0.3, 0.4) is 0 Å². The molecule has 0 aliphatic heterocycles. The molecule has 5 nitrogen and oxygen atoms in total. The summed E-state index contributed by atoms with van der Waals surface area (Å²) >= 11 is 0. The van der Waals surface area contributed by atoms with Crippen molar-refractivity contribution in [3.63, 3.8) is 0 Å². The molecular weight excluding hydrogens is 359 g/mol. The number of halogens is 1. The van der Waals surface area contributed by atoms with Crippen LogP contribution in [0.15, 0.2) is 78.9 Å². The van der Waals surface area contributed by atoms with Crippen LogP contribution in [0.25, 0.3) is 0 Å². The first-order chi connectivity index (χ1) is 13.5. The minimum absolute atomic E-state index is 0.0303. The van der Waals surface area contributed by atoms with Crippen LogP contribution in [-0.4, -0.2) is 15.7 Å². The fourth-order valence-electron chi connectivity index (χ4n) is 3.09. The number of nitro benzene ring substituents is 1. The summed E-state index contributed by atoms with van der Waals surface area (Å²) in [5.74, 6) is -0.905. The summed E-state index contributed by atoms with van der Waals surface area (Å²) in [6.07, 6.45) is 0. The highest BCUT2D eigenvalue weighted by molar-refractivity contribution is 5.94. The Balaban J connectivity index is 2.02. The van der Waals surface area contributed by atoms with Gasteiger partial charge in [0.25, 0.3) is 11.6 Å². The average Bonchev–Trinajstić information content (AvgIpc) is 2.72. The van der Waals surface area contributed by atoms with Crippen LogP contribution in [0, 0.1) is 15.9 Å². The maximum atomic E-state index is 13.7. The third kappa shape index (κ3) is 4.23. The maximum Gasteiger partial charge on any atom is 0.274 e. The molecule has 3 rings (SSSR count). The first-order valence-corrected chi connectivity index (χ1v) is 8.81. The lowest BCUT2D eigenvalue weighted by atomic mass is 10.0. The molecule has 0 aromatic heterocycles. The highest BCUT2D eigenvalue weighted by Gasteiger charge is 2.26. The van der Waals surface area contributed by atoms with E-state index in [1.54, 1.807) is 18.2 Å². The van der Waals surface area contributed by atoms with Crippen LogP contribution >= 0.6 is 0 Å². The first-order valence-electron chi connectivity index (χ1n) is 8.81. The van der Waals surface area contributed by atoms with Crippen molar-refractivity contribution in [2.75, 3.05) is 0 Å². The largest absolute Gasteiger partial charge is 0.327 e. The highest BCUT2D eigenvalue weighted by Crippen LogP contribution is 2.28. The van der Waals surface area contributed by atoms with Crippen molar-refractivity contribution in [2.45, 2.75) is 19.5 Å². The van der Waals surface area contributed by atoms with Gasteiger partial charge in [0.2, 0.25) is 0 Å². The highest BCUT2D eigenvalue weighted by atomic mass is 19.1. The van der Waals surface area contributed by atoms with Crippen LogP contribution in [0.4, 0.5) is 10.1 Å². The lowest BCUT2D eigenvalue weighted by Gasteiger charge is -2.30. The van der Waals surface area contributed by atoms with Gasteiger partial charge < -0.3 is 4.90 Å². The average molecular weight is 378 g/mol. The molecule has 0 saturated carbocycles. The Kier molecular flexibility index (Phi) is 5.79. The summed E-state index contributed by atoms with van der Waals surface area (Å²) < 4.78 is 13.7. The van der Waals surface area contributed by atoms with E-state index in [1.165, 1.54) is 35.2 Å². The number of para-hydroxylation sites is 1. The van der Waals surface area contributed by atoms with Crippen molar-refractivity contribution in [3.05, 3.63) is 111 Å². The number of nitrogens with zero attached hydrogens (tertiary/aromatic N) is 2. The zero-order valence-electron chi connectivity index (χ0n) is 15.3. The van der Waals surface area contributed by atoms with Gasteiger partial charge in [0.05, 0.1) is 17.5 Å². The van der Waals surface area contributed by atoms with Crippen molar-refractivity contribution in [1.82, 2.24) is 4.90 Å². The van der Waals surface area contributed by atoms with E-state index < -0.39 is 16.6 Å². The van der Waals surface area contributed by atoms with E-state index in [0.717, 1.165) is 5.56 Å². The second-order valence-electron chi connectivity index (χ2n) is 6.42. The van der Waals surface area contributed by atoms with Crippen molar-refractivity contribution in [2.24, 2.45) is 0 Å². The van der Waals surface area contributed by atoms with E-state index in [1.807, 2.05) is 37.3 Å². The van der Waals surface area contributed by atoms with Gasteiger partial charge in [-0.15, -0.1) is 0 Å². The predicted molar refractivity (Wildman–Crippen MR) is 104 cm³/mol. The minimum atomic E-state index is -0.510. The van der Waals surface area contributed by atoms with Crippen LogP contribution < -0.4 is 0 Å². The Morgan fingerprint density at radius 1 is 1.04 bits per heavy atom. The topological polar surface area (TPSA) is 63.4 Å². The molecule has 3 aromatic carbocycles. The Morgan fingerprint density at radius 3 is 2.39 bits per heavy atom. The second-order valence-corrected chi connectivity index (χ2v) is 6.42. The number of carbonyl (C=O) groups excluding carboxylic acids is 1. The van der Waals surface area contributed by atoms with Gasteiger partial charge in [-0.05, 0) is 30.7 Å². The number of hydrogen-bond acceptors (Lipinski definition) is 3. The van der Waals surface area contributed by atoms with E-state index in [2.05, 4.69) is 0 Å². The van der Waals surface area contributed by atoms with Gasteiger partial charge in [-0.25, -0.2) is 4.39 Å². The zero-order chi connectivity index (χ0) is 20.1. The van der Waals surface area contributed by atoms with Crippen molar-refractivity contribution >= 4 is 11.6 Å². The number of hydrogen-bond donors (Lipinski definition) is 0.